The van der Waals surface area contributed by atoms with Gasteiger partial charge in [0.25, 0.3) is 0 Å². The zero-order valence-electron chi connectivity index (χ0n) is 22.7. The highest BCUT2D eigenvalue weighted by molar-refractivity contribution is 6.30. The molecule has 1 aromatic carbocycles. The lowest BCUT2D eigenvalue weighted by Crippen LogP contribution is -2.61. The smallest absolute Gasteiger partial charge is 0.320 e. The number of carbonyl (C=O) groups excluding carboxylic acids is 2. The molecule has 206 valence electrons. The molecule has 2 bridgehead atoms. The number of fused-ring (bicyclic) bond motifs is 2. The van der Waals surface area contributed by atoms with E-state index in [9.17, 15) is 9.59 Å². The number of amides is 3. The van der Waals surface area contributed by atoms with Crippen molar-refractivity contribution in [2.45, 2.75) is 108 Å². The van der Waals surface area contributed by atoms with Crippen LogP contribution < -0.4 is 11.1 Å². The first-order valence-electron chi connectivity index (χ1n) is 14.5. The maximum atomic E-state index is 14.0. The lowest BCUT2D eigenvalue weighted by Gasteiger charge is -2.48. The van der Waals surface area contributed by atoms with Crippen LogP contribution in [0.1, 0.15) is 77.2 Å². The fraction of sp³-hybridized carbons (Fsp3) is 0.724. The van der Waals surface area contributed by atoms with Crippen LogP contribution in [0.25, 0.3) is 0 Å². The largest absolute Gasteiger partial charge is 0.335 e. The van der Waals surface area contributed by atoms with E-state index in [0.717, 1.165) is 57.2 Å². The molecule has 7 nitrogen and oxygen atoms in total. The summed E-state index contributed by atoms with van der Waals surface area (Å²) in [6, 6.07) is 8.57. The summed E-state index contributed by atoms with van der Waals surface area (Å²) in [4.78, 5) is 34.1. The molecule has 2 saturated heterocycles. The van der Waals surface area contributed by atoms with Crippen molar-refractivity contribution in [1.29, 1.82) is 0 Å². The van der Waals surface area contributed by atoms with E-state index < -0.39 is 0 Å². The molecule has 4 rings (SSSR count). The summed E-state index contributed by atoms with van der Waals surface area (Å²) in [7, 11) is 0. The van der Waals surface area contributed by atoms with E-state index >= 15 is 0 Å². The third-order valence-electron chi connectivity index (χ3n) is 8.77. The second-order valence-electron chi connectivity index (χ2n) is 11.0. The molecule has 0 spiro atoms. The summed E-state index contributed by atoms with van der Waals surface area (Å²) in [5, 5.41) is 4.11. The molecule has 3 amide bonds. The molecule has 2 unspecified atom stereocenters. The van der Waals surface area contributed by atoms with E-state index in [0.29, 0.717) is 30.6 Å². The molecule has 1 aromatic rings. The number of halogens is 1. The van der Waals surface area contributed by atoms with E-state index in [2.05, 4.69) is 29.0 Å². The van der Waals surface area contributed by atoms with E-state index in [-0.39, 0.29) is 36.1 Å². The van der Waals surface area contributed by atoms with Gasteiger partial charge >= 0.3 is 6.03 Å². The summed E-state index contributed by atoms with van der Waals surface area (Å²) >= 11 is 6.08. The molecular weight excluding hydrogens is 486 g/mol. The molecule has 1 saturated carbocycles. The third kappa shape index (κ3) is 6.61. The van der Waals surface area contributed by atoms with E-state index in [1.54, 1.807) is 0 Å². The summed E-state index contributed by atoms with van der Waals surface area (Å²) in [5.74, 6) is 0.175. The third-order valence-corrected chi connectivity index (χ3v) is 9.02. The van der Waals surface area contributed by atoms with Crippen LogP contribution in [0, 0.1) is 0 Å². The first-order chi connectivity index (χ1) is 18.0. The SMILES string of the molecule is CCN(CC)C(=O)N(C1CCCCC1)C1CC2CCC(C1)N2C(=O)[C@@H](Cc1ccc(Cl)cc1)NCCN. The molecule has 3 fully saturated rings. The van der Waals surface area contributed by atoms with Gasteiger partial charge in [0.2, 0.25) is 5.91 Å². The number of hydrogen-bond donors (Lipinski definition) is 2. The molecule has 0 radical (unpaired) electrons. The van der Waals surface area contributed by atoms with Crippen LogP contribution in [-0.4, -0.2) is 83.0 Å². The standard InChI is InChI=1S/C29H46ClN5O2/c1-3-33(4-2)29(37)35(23-8-6-5-7-9-23)26-19-24-14-15-25(20-26)34(24)28(36)27(32-17-16-31)18-21-10-12-22(30)13-11-21/h10-13,23-27,32H,3-9,14-20,31H2,1-2H3/t24?,25?,26?,27-/m1/s1. The first-order valence-corrected chi connectivity index (χ1v) is 14.9. The van der Waals surface area contributed by atoms with E-state index in [1.165, 1.54) is 19.3 Å². The molecule has 2 heterocycles. The van der Waals surface area contributed by atoms with Crippen LogP contribution in [0.15, 0.2) is 24.3 Å². The first kappa shape index (κ1) is 28.2. The number of piperidine rings is 1. The Hall–Kier alpha value is -1.83. The van der Waals surface area contributed by atoms with Gasteiger partial charge in [0.1, 0.15) is 0 Å². The van der Waals surface area contributed by atoms with Crippen molar-refractivity contribution in [2.75, 3.05) is 26.2 Å². The Morgan fingerprint density at radius 1 is 1.00 bits per heavy atom. The van der Waals surface area contributed by atoms with Crippen molar-refractivity contribution in [3.8, 4) is 0 Å². The van der Waals surface area contributed by atoms with E-state index in [1.807, 2.05) is 29.2 Å². The Labute approximate surface area is 228 Å². The molecule has 3 atom stereocenters. The summed E-state index contributed by atoms with van der Waals surface area (Å²) < 4.78 is 0. The number of carbonyl (C=O) groups is 2. The highest BCUT2D eigenvalue weighted by atomic mass is 35.5. The van der Waals surface area contributed by atoms with Gasteiger partial charge in [-0.15, -0.1) is 0 Å². The average Bonchev–Trinajstić information content (AvgIpc) is 3.18. The zero-order chi connectivity index (χ0) is 26.4. The fourth-order valence-electron chi connectivity index (χ4n) is 6.90. The lowest BCUT2D eigenvalue weighted by molar-refractivity contribution is -0.139. The minimum atomic E-state index is -0.309. The summed E-state index contributed by atoms with van der Waals surface area (Å²) in [6.07, 6.45) is 10.3. The van der Waals surface area contributed by atoms with Crippen molar-refractivity contribution in [3.63, 3.8) is 0 Å². The Morgan fingerprint density at radius 3 is 2.19 bits per heavy atom. The number of rotatable bonds is 10. The van der Waals surface area contributed by atoms with E-state index in [4.69, 9.17) is 17.3 Å². The average molecular weight is 532 g/mol. The summed E-state index contributed by atoms with van der Waals surface area (Å²) in [5.41, 5.74) is 6.87. The van der Waals surface area contributed by atoms with Gasteiger partial charge in [0.05, 0.1) is 6.04 Å². The second kappa shape index (κ2) is 13.3. The topological polar surface area (TPSA) is 81.9 Å². The minimum Gasteiger partial charge on any atom is -0.335 e. The minimum absolute atomic E-state index is 0.175. The van der Waals surface area contributed by atoms with Gasteiger partial charge < -0.3 is 25.8 Å². The van der Waals surface area contributed by atoms with Crippen molar-refractivity contribution in [2.24, 2.45) is 5.73 Å². The highest BCUT2D eigenvalue weighted by Crippen LogP contribution is 2.40. The molecule has 37 heavy (non-hydrogen) atoms. The van der Waals surface area contributed by atoms with Crippen LogP contribution in [0.4, 0.5) is 4.79 Å². The monoisotopic (exact) mass is 531 g/mol. The van der Waals surface area contributed by atoms with Crippen molar-refractivity contribution < 1.29 is 9.59 Å². The highest BCUT2D eigenvalue weighted by Gasteiger charge is 2.48. The molecule has 0 aromatic heterocycles. The maximum Gasteiger partial charge on any atom is 0.320 e. The molecule has 3 aliphatic rings. The Balaban J connectivity index is 1.50. The maximum absolute atomic E-state index is 14.0. The number of nitrogens with two attached hydrogens (primary N) is 1. The molecule has 2 aliphatic heterocycles. The van der Waals surface area contributed by atoms with Gasteiger partial charge in [-0.05, 0) is 76.5 Å². The van der Waals surface area contributed by atoms with Crippen LogP contribution in [0.2, 0.25) is 5.02 Å². The van der Waals surface area contributed by atoms with Gasteiger partial charge in [0.15, 0.2) is 0 Å². The molecular formula is C29H46ClN5O2. The number of benzene rings is 1. The molecule has 8 heteroatoms. The van der Waals surface area contributed by atoms with Gasteiger partial charge in [0, 0.05) is 55.4 Å². The number of nitrogens with one attached hydrogen (secondary N) is 1. The van der Waals surface area contributed by atoms with Crippen LogP contribution in [0.5, 0.6) is 0 Å². The van der Waals surface area contributed by atoms with Crippen molar-refractivity contribution in [1.82, 2.24) is 20.0 Å². The number of hydrogen-bond acceptors (Lipinski definition) is 4. The number of nitrogens with zero attached hydrogens (tertiary/aromatic N) is 3. The predicted molar refractivity (Wildman–Crippen MR) is 150 cm³/mol. The van der Waals surface area contributed by atoms with Gasteiger partial charge in [-0.3, -0.25) is 4.79 Å². The normalized spacial score (nSPS) is 24.6. The predicted octanol–water partition coefficient (Wildman–Crippen LogP) is 4.42. The van der Waals surface area contributed by atoms with Gasteiger partial charge in [-0.1, -0.05) is 43.0 Å². The summed E-state index contributed by atoms with van der Waals surface area (Å²) in [6.45, 7) is 6.71. The lowest BCUT2D eigenvalue weighted by atomic mass is 9.89. The van der Waals surface area contributed by atoms with Gasteiger partial charge in [-0.2, -0.15) is 0 Å². The molecule has 1 aliphatic carbocycles. The van der Waals surface area contributed by atoms with Crippen LogP contribution in [0.3, 0.4) is 0 Å². The zero-order valence-corrected chi connectivity index (χ0v) is 23.5. The molecule has 3 N–H and O–H groups in total. The second-order valence-corrected chi connectivity index (χ2v) is 11.5. The fourth-order valence-corrected chi connectivity index (χ4v) is 7.03. The van der Waals surface area contributed by atoms with Crippen molar-refractivity contribution in [3.05, 3.63) is 34.9 Å². The van der Waals surface area contributed by atoms with Gasteiger partial charge in [-0.25, -0.2) is 4.79 Å². The Bertz CT molecular complexity index is 873. The Kier molecular flexibility index (Phi) is 10.1. The number of urea groups is 1. The van der Waals surface area contributed by atoms with Crippen LogP contribution in [-0.2, 0) is 11.2 Å². The Morgan fingerprint density at radius 2 is 1.62 bits per heavy atom. The quantitative estimate of drug-likeness (QED) is 0.468. The van der Waals surface area contributed by atoms with Crippen molar-refractivity contribution >= 4 is 23.5 Å². The van der Waals surface area contributed by atoms with Crippen LogP contribution >= 0.6 is 11.6 Å².